The van der Waals surface area contributed by atoms with Crippen LogP contribution in [-0.4, -0.2) is 28.9 Å². The number of amides is 2. The van der Waals surface area contributed by atoms with Gasteiger partial charge in [-0.05, 0) is 63.9 Å². The maximum Gasteiger partial charge on any atom is 0.251 e. The smallest absolute Gasteiger partial charge is 0.251 e. The highest BCUT2D eigenvalue weighted by Crippen LogP contribution is 2.25. The molecule has 0 bridgehead atoms. The van der Waals surface area contributed by atoms with E-state index < -0.39 is 0 Å². The van der Waals surface area contributed by atoms with Crippen molar-refractivity contribution in [1.29, 1.82) is 0 Å². The summed E-state index contributed by atoms with van der Waals surface area (Å²) in [5.74, 6) is 0.241. The van der Waals surface area contributed by atoms with Crippen LogP contribution in [0.15, 0.2) is 36.7 Å². The van der Waals surface area contributed by atoms with Gasteiger partial charge in [-0.3, -0.25) is 14.6 Å². The first-order valence-corrected chi connectivity index (χ1v) is 8.88. The molecular weight excluding hydrogens is 342 g/mol. The summed E-state index contributed by atoms with van der Waals surface area (Å²) in [6.07, 6.45) is 3.48. The molecule has 1 aromatic heterocycles. The lowest BCUT2D eigenvalue weighted by atomic mass is 10.0. The zero-order valence-electron chi connectivity index (χ0n) is 16.6. The highest BCUT2D eigenvalue weighted by Gasteiger charge is 2.16. The van der Waals surface area contributed by atoms with E-state index in [0.29, 0.717) is 12.2 Å². The van der Waals surface area contributed by atoms with Gasteiger partial charge in [-0.25, -0.2) is 0 Å². The SMILES string of the molecule is Cc1cc(C(=O)NCC(=O)NC(C)(C)C)cc(C)c1OCc1cccnc1. The monoisotopic (exact) mass is 369 g/mol. The Kier molecular flexibility index (Phi) is 6.55. The van der Waals surface area contributed by atoms with Crippen molar-refractivity contribution in [3.05, 3.63) is 58.9 Å². The molecule has 2 rings (SSSR count). The summed E-state index contributed by atoms with van der Waals surface area (Å²) in [5, 5.41) is 5.46. The number of hydrogen-bond acceptors (Lipinski definition) is 4. The second-order valence-corrected chi connectivity index (χ2v) is 7.57. The van der Waals surface area contributed by atoms with Gasteiger partial charge in [0, 0.05) is 29.1 Å². The van der Waals surface area contributed by atoms with Crippen LogP contribution in [0.2, 0.25) is 0 Å². The van der Waals surface area contributed by atoms with Crippen LogP contribution in [0.3, 0.4) is 0 Å². The third-order valence-electron chi connectivity index (χ3n) is 3.75. The topological polar surface area (TPSA) is 80.3 Å². The molecule has 0 aliphatic heterocycles. The van der Waals surface area contributed by atoms with Crippen LogP contribution in [-0.2, 0) is 11.4 Å². The number of aromatic nitrogens is 1. The van der Waals surface area contributed by atoms with Gasteiger partial charge in [0.1, 0.15) is 12.4 Å². The minimum atomic E-state index is -0.331. The minimum absolute atomic E-state index is 0.0620. The molecule has 0 spiro atoms. The summed E-state index contributed by atoms with van der Waals surface area (Å²) in [4.78, 5) is 28.3. The van der Waals surface area contributed by atoms with Gasteiger partial charge in [0.15, 0.2) is 0 Å². The van der Waals surface area contributed by atoms with Crippen molar-refractivity contribution in [3.63, 3.8) is 0 Å². The molecule has 0 aliphatic carbocycles. The van der Waals surface area contributed by atoms with Crippen LogP contribution in [0, 0.1) is 13.8 Å². The maximum atomic E-state index is 12.4. The fourth-order valence-corrected chi connectivity index (χ4v) is 2.67. The number of nitrogens with one attached hydrogen (secondary N) is 2. The highest BCUT2D eigenvalue weighted by molar-refractivity contribution is 5.97. The summed E-state index contributed by atoms with van der Waals surface area (Å²) < 4.78 is 5.91. The van der Waals surface area contributed by atoms with E-state index in [4.69, 9.17) is 4.74 Å². The quantitative estimate of drug-likeness (QED) is 0.820. The predicted molar refractivity (Wildman–Crippen MR) is 105 cm³/mol. The van der Waals surface area contributed by atoms with Crippen LogP contribution < -0.4 is 15.4 Å². The predicted octanol–water partition coefficient (Wildman–Crippen LogP) is 2.92. The van der Waals surface area contributed by atoms with Crippen LogP contribution in [0.4, 0.5) is 0 Å². The van der Waals surface area contributed by atoms with Crippen LogP contribution in [0.1, 0.15) is 47.8 Å². The molecule has 2 amide bonds. The Labute approximate surface area is 160 Å². The molecule has 0 aliphatic rings. The molecule has 2 aromatic rings. The number of carbonyl (C=O) groups excluding carboxylic acids is 2. The lowest BCUT2D eigenvalue weighted by Gasteiger charge is -2.20. The van der Waals surface area contributed by atoms with Crippen molar-refractivity contribution in [3.8, 4) is 5.75 Å². The van der Waals surface area contributed by atoms with Crippen molar-refractivity contribution in [2.75, 3.05) is 6.54 Å². The Morgan fingerprint density at radius 1 is 1.15 bits per heavy atom. The van der Waals surface area contributed by atoms with Gasteiger partial charge in [-0.15, -0.1) is 0 Å². The van der Waals surface area contributed by atoms with Crippen LogP contribution in [0.5, 0.6) is 5.75 Å². The van der Waals surface area contributed by atoms with Gasteiger partial charge < -0.3 is 15.4 Å². The number of hydrogen-bond donors (Lipinski definition) is 2. The summed E-state index contributed by atoms with van der Waals surface area (Å²) in [7, 11) is 0. The van der Waals surface area contributed by atoms with Crippen LogP contribution in [0.25, 0.3) is 0 Å². The molecule has 6 heteroatoms. The summed E-state index contributed by atoms with van der Waals surface area (Å²) in [6, 6.07) is 7.34. The van der Waals surface area contributed by atoms with E-state index in [9.17, 15) is 9.59 Å². The normalized spacial score (nSPS) is 11.0. The second kappa shape index (κ2) is 8.66. The number of rotatable bonds is 6. The van der Waals surface area contributed by atoms with Gasteiger partial charge in [0.25, 0.3) is 5.91 Å². The zero-order valence-corrected chi connectivity index (χ0v) is 16.6. The molecule has 2 N–H and O–H groups in total. The lowest BCUT2D eigenvalue weighted by molar-refractivity contribution is -0.121. The Morgan fingerprint density at radius 2 is 1.81 bits per heavy atom. The highest BCUT2D eigenvalue weighted by atomic mass is 16.5. The molecule has 0 saturated carbocycles. The lowest BCUT2D eigenvalue weighted by Crippen LogP contribution is -2.45. The van der Waals surface area contributed by atoms with E-state index in [1.807, 2.05) is 46.8 Å². The molecule has 0 fully saturated rings. The van der Waals surface area contributed by atoms with E-state index in [1.165, 1.54) is 0 Å². The fourth-order valence-electron chi connectivity index (χ4n) is 2.67. The van der Waals surface area contributed by atoms with Crippen molar-refractivity contribution < 1.29 is 14.3 Å². The summed E-state index contributed by atoms with van der Waals surface area (Å²) in [6.45, 7) is 9.82. The van der Waals surface area contributed by atoms with Crippen molar-refractivity contribution in [2.45, 2.75) is 46.8 Å². The first-order valence-electron chi connectivity index (χ1n) is 8.88. The van der Waals surface area contributed by atoms with Crippen molar-refractivity contribution in [1.82, 2.24) is 15.6 Å². The molecular formula is C21H27N3O3. The van der Waals surface area contributed by atoms with E-state index in [2.05, 4.69) is 15.6 Å². The fraction of sp³-hybridized carbons (Fsp3) is 0.381. The largest absolute Gasteiger partial charge is 0.488 e. The number of carbonyl (C=O) groups is 2. The van der Waals surface area contributed by atoms with Gasteiger partial charge >= 0.3 is 0 Å². The van der Waals surface area contributed by atoms with E-state index in [-0.39, 0.29) is 23.9 Å². The second-order valence-electron chi connectivity index (χ2n) is 7.57. The number of benzene rings is 1. The molecule has 0 unspecified atom stereocenters. The Balaban J connectivity index is 2.00. The van der Waals surface area contributed by atoms with Gasteiger partial charge in [0.05, 0.1) is 6.54 Å². The maximum absolute atomic E-state index is 12.4. The van der Waals surface area contributed by atoms with Crippen LogP contribution >= 0.6 is 0 Å². The standard InChI is InChI=1S/C21H27N3O3/c1-14-9-17(20(26)23-12-18(25)24-21(3,4)5)10-15(2)19(14)27-13-16-7-6-8-22-11-16/h6-11H,12-13H2,1-5H3,(H,23,26)(H,24,25). The first-order chi connectivity index (χ1) is 12.7. The van der Waals surface area contributed by atoms with Crippen molar-refractivity contribution in [2.24, 2.45) is 0 Å². The third kappa shape index (κ3) is 6.40. The molecule has 0 atom stereocenters. The van der Waals surface area contributed by atoms with Crippen molar-refractivity contribution >= 4 is 11.8 Å². The number of ether oxygens (including phenoxy) is 1. The third-order valence-corrected chi connectivity index (χ3v) is 3.75. The number of pyridine rings is 1. The molecule has 0 saturated heterocycles. The Hall–Kier alpha value is -2.89. The van der Waals surface area contributed by atoms with E-state index in [0.717, 1.165) is 22.4 Å². The summed E-state index contributed by atoms with van der Waals surface area (Å²) in [5.41, 5.74) is 2.87. The van der Waals surface area contributed by atoms with Gasteiger partial charge in [-0.1, -0.05) is 6.07 Å². The molecule has 0 radical (unpaired) electrons. The molecule has 6 nitrogen and oxygen atoms in total. The summed E-state index contributed by atoms with van der Waals surface area (Å²) >= 11 is 0. The van der Waals surface area contributed by atoms with Gasteiger partial charge in [-0.2, -0.15) is 0 Å². The average molecular weight is 369 g/mol. The Bertz CT molecular complexity index is 788. The molecule has 1 heterocycles. The Morgan fingerprint density at radius 3 is 2.37 bits per heavy atom. The molecule has 1 aromatic carbocycles. The molecule has 27 heavy (non-hydrogen) atoms. The zero-order chi connectivity index (χ0) is 20.0. The molecule has 144 valence electrons. The van der Waals surface area contributed by atoms with E-state index in [1.54, 1.807) is 24.5 Å². The first kappa shape index (κ1) is 20.4. The number of aryl methyl sites for hydroxylation is 2. The van der Waals surface area contributed by atoms with E-state index >= 15 is 0 Å². The van der Waals surface area contributed by atoms with Gasteiger partial charge in [0.2, 0.25) is 5.91 Å². The average Bonchev–Trinajstić information content (AvgIpc) is 2.58. The minimum Gasteiger partial charge on any atom is -0.488 e. The number of nitrogens with zero attached hydrogens (tertiary/aromatic N) is 1.